The number of anilines is 1. The van der Waals surface area contributed by atoms with Crippen molar-refractivity contribution in [3.8, 4) is 0 Å². The molecule has 0 aliphatic carbocycles. The molecular weight excluding hydrogens is 212 g/mol. The molecule has 0 fully saturated rings. The lowest BCUT2D eigenvalue weighted by molar-refractivity contribution is -0.668. The van der Waals surface area contributed by atoms with E-state index in [1.54, 1.807) is 0 Å². The van der Waals surface area contributed by atoms with Crippen LogP contribution < -0.4 is 10.3 Å². The van der Waals surface area contributed by atoms with Crippen molar-refractivity contribution < 1.29 is 4.57 Å². The maximum atomic E-state index is 5.56. The molecule has 1 heterocycles. The minimum atomic E-state index is 0. The van der Waals surface area contributed by atoms with Gasteiger partial charge in [-0.3, -0.25) is 5.73 Å². The first-order chi connectivity index (χ1) is 4.34. The maximum absolute atomic E-state index is 5.56. The summed E-state index contributed by atoms with van der Waals surface area (Å²) in [5.74, 6) is 0. The second-order valence-corrected chi connectivity index (χ2v) is 2.61. The molecule has 1 aromatic rings. The number of halogens is 1. The first kappa shape index (κ1) is 9.65. The van der Waals surface area contributed by atoms with Gasteiger partial charge in [-0.2, -0.15) is 0 Å². The van der Waals surface area contributed by atoms with E-state index >= 15 is 0 Å². The van der Waals surface area contributed by atoms with Crippen molar-refractivity contribution in [3.05, 3.63) is 24.2 Å². The van der Waals surface area contributed by atoms with Crippen molar-refractivity contribution >= 4 is 33.4 Å². The van der Waals surface area contributed by atoms with Gasteiger partial charge in [0.25, 0.3) is 0 Å². The summed E-state index contributed by atoms with van der Waals surface area (Å²) in [6.45, 7) is 4.41. The monoisotopic (exact) mass is 221 g/mol. The Bertz CT molecular complexity index is 209. The molecule has 2 N–H and O–H groups in total. The molecule has 0 aliphatic rings. The van der Waals surface area contributed by atoms with Gasteiger partial charge in [0.2, 0.25) is 0 Å². The fourth-order valence-corrected chi connectivity index (χ4v) is 1.22. The Balaban J connectivity index is 0.000000810. The summed E-state index contributed by atoms with van der Waals surface area (Å²) in [6, 6.07) is 0. The number of nitrogens with zero attached hydrogens (tertiary/aromatic N) is 1. The Morgan fingerprint density at radius 2 is 2.50 bits per heavy atom. The molecule has 4 heteroatoms. The van der Waals surface area contributed by atoms with E-state index in [2.05, 4.69) is 6.58 Å². The van der Waals surface area contributed by atoms with E-state index in [0.29, 0.717) is 0 Å². The van der Waals surface area contributed by atoms with Crippen molar-refractivity contribution in [2.75, 3.05) is 5.73 Å². The summed E-state index contributed by atoms with van der Waals surface area (Å²) in [5.41, 5.74) is 5.56. The standard InChI is InChI=1S/C6H8N2S.BrH/c1-2-3-8-4-5-9-6(8)7;/h2,4-5,7H,1,3H2;1H/p+1. The SMILES string of the molecule is Br.C=CC[n+]1ccsc1N. The second-order valence-electron chi connectivity index (χ2n) is 1.68. The lowest BCUT2D eigenvalue weighted by Gasteiger charge is -1.87. The molecular formula is C6H10BrN2S+. The Morgan fingerprint density at radius 3 is 2.90 bits per heavy atom. The Hall–Kier alpha value is -0.350. The third kappa shape index (κ3) is 2.11. The molecule has 1 aromatic heterocycles. The number of allylic oxidation sites excluding steroid dienone is 1. The quantitative estimate of drug-likeness (QED) is 0.594. The van der Waals surface area contributed by atoms with Gasteiger partial charge in [-0.1, -0.05) is 24.0 Å². The second kappa shape index (κ2) is 4.46. The number of hydrogen-bond acceptors (Lipinski definition) is 2. The summed E-state index contributed by atoms with van der Waals surface area (Å²) < 4.78 is 1.94. The van der Waals surface area contributed by atoms with Gasteiger partial charge in [0.15, 0.2) is 0 Å². The van der Waals surface area contributed by atoms with E-state index in [9.17, 15) is 0 Å². The normalized spacial score (nSPS) is 8.40. The van der Waals surface area contributed by atoms with Crippen LogP contribution in [0.3, 0.4) is 0 Å². The van der Waals surface area contributed by atoms with Gasteiger partial charge >= 0.3 is 5.13 Å². The maximum Gasteiger partial charge on any atom is 0.331 e. The van der Waals surface area contributed by atoms with Crippen LogP contribution in [-0.2, 0) is 6.54 Å². The average Bonchev–Trinajstić information content (AvgIpc) is 2.18. The van der Waals surface area contributed by atoms with Crippen LogP contribution in [0.2, 0.25) is 0 Å². The Morgan fingerprint density at radius 1 is 1.80 bits per heavy atom. The Kier molecular flexibility index (Phi) is 4.31. The minimum Gasteiger partial charge on any atom is -0.278 e. The number of nitrogens with two attached hydrogens (primary N) is 1. The van der Waals surface area contributed by atoms with E-state index in [0.717, 1.165) is 11.7 Å². The molecule has 0 saturated heterocycles. The van der Waals surface area contributed by atoms with E-state index in [4.69, 9.17) is 5.73 Å². The van der Waals surface area contributed by atoms with Crippen LogP contribution in [0.4, 0.5) is 5.13 Å². The van der Waals surface area contributed by atoms with Crippen molar-refractivity contribution in [1.29, 1.82) is 0 Å². The van der Waals surface area contributed by atoms with Gasteiger partial charge in [0.05, 0.1) is 0 Å². The number of nitrogen functional groups attached to an aromatic ring is 1. The third-order valence-electron chi connectivity index (χ3n) is 1.04. The van der Waals surface area contributed by atoms with Gasteiger partial charge in [0.1, 0.15) is 12.7 Å². The number of thiazole rings is 1. The van der Waals surface area contributed by atoms with E-state index in [-0.39, 0.29) is 17.0 Å². The van der Waals surface area contributed by atoms with Crippen LogP contribution >= 0.6 is 28.3 Å². The van der Waals surface area contributed by atoms with E-state index in [1.807, 2.05) is 22.2 Å². The average molecular weight is 222 g/mol. The van der Waals surface area contributed by atoms with Crippen LogP contribution in [0, 0.1) is 0 Å². The zero-order valence-electron chi connectivity index (χ0n) is 5.49. The predicted molar refractivity (Wildman–Crippen MR) is 49.4 cm³/mol. The number of aromatic nitrogens is 1. The molecule has 0 radical (unpaired) electrons. The molecule has 0 saturated carbocycles. The summed E-state index contributed by atoms with van der Waals surface area (Å²) >= 11 is 1.54. The van der Waals surface area contributed by atoms with Gasteiger partial charge < -0.3 is 0 Å². The first-order valence-electron chi connectivity index (χ1n) is 2.68. The molecule has 56 valence electrons. The molecule has 0 aliphatic heterocycles. The third-order valence-corrected chi connectivity index (χ3v) is 1.77. The van der Waals surface area contributed by atoms with Crippen molar-refractivity contribution in [2.45, 2.75) is 6.54 Å². The molecule has 0 bridgehead atoms. The lowest BCUT2D eigenvalue weighted by Crippen LogP contribution is -2.32. The zero-order valence-corrected chi connectivity index (χ0v) is 8.02. The topological polar surface area (TPSA) is 29.9 Å². The first-order valence-corrected chi connectivity index (χ1v) is 3.56. The highest BCUT2D eigenvalue weighted by Crippen LogP contribution is 2.01. The Labute approximate surface area is 74.8 Å². The van der Waals surface area contributed by atoms with Crippen LogP contribution in [0.15, 0.2) is 24.2 Å². The molecule has 0 amide bonds. The highest BCUT2D eigenvalue weighted by Gasteiger charge is 2.00. The van der Waals surface area contributed by atoms with Crippen molar-refractivity contribution in [2.24, 2.45) is 0 Å². The molecule has 0 unspecified atom stereocenters. The van der Waals surface area contributed by atoms with Crippen LogP contribution in [-0.4, -0.2) is 0 Å². The zero-order chi connectivity index (χ0) is 6.69. The van der Waals surface area contributed by atoms with Gasteiger partial charge in [-0.05, 0) is 0 Å². The molecule has 0 atom stereocenters. The van der Waals surface area contributed by atoms with Crippen LogP contribution in [0.1, 0.15) is 0 Å². The van der Waals surface area contributed by atoms with Gasteiger partial charge in [-0.15, -0.1) is 17.0 Å². The van der Waals surface area contributed by atoms with Crippen LogP contribution in [0.5, 0.6) is 0 Å². The lowest BCUT2D eigenvalue weighted by atomic mass is 10.6. The fraction of sp³-hybridized carbons (Fsp3) is 0.167. The highest BCUT2D eigenvalue weighted by atomic mass is 79.9. The molecule has 0 aromatic carbocycles. The summed E-state index contributed by atoms with van der Waals surface area (Å²) in [6.07, 6.45) is 3.77. The van der Waals surface area contributed by atoms with Crippen LogP contribution in [0.25, 0.3) is 0 Å². The van der Waals surface area contributed by atoms with E-state index in [1.165, 1.54) is 11.3 Å². The van der Waals surface area contributed by atoms with Crippen molar-refractivity contribution in [1.82, 2.24) is 0 Å². The summed E-state index contributed by atoms with van der Waals surface area (Å²) in [7, 11) is 0. The number of rotatable bonds is 2. The summed E-state index contributed by atoms with van der Waals surface area (Å²) in [5, 5.41) is 2.79. The number of hydrogen-bond donors (Lipinski definition) is 1. The highest BCUT2D eigenvalue weighted by molar-refractivity contribution is 8.93. The molecule has 2 nitrogen and oxygen atoms in total. The molecule has 0 spiro atoms. The molecule has 10 heavy (non-hydrogen) atoms. The summed E-state index contributed by atoms with van der Waals surface area (Å²) in [4.78, 5) is 0. The largest absolute Gasteiger partial charge is 0.331 e. The van der Waals surface area contributed by atoms with Gasteiger partial charge in [0, 0.05) is 5.38 Å². The van der Waals surface area contributed by atoms with E-state index < -0.39 is 0 Å². The van der Waals surface area contributed by atoms with Gasteiger partial charge in [-0.25, -0.2) is 4.57 Å². The minimum absolute atomic E-state index is 0. The van der Waals surface area contributed by atoms with Crippen molar-refractivity contribution in [3.63, 3.8) is 0 Å². The molecule has 1 rings (SSSR count). The fourth-order valence-electron chi connectivity index (χ4n) is 0.605. The smallest absolute Gasteiger partial charge is 0.278 e. The predicted octanol–water partition coefficient (Wildman–Crippen LogP) is 1.38.